The predicted molar refractivity (Wildman–Crippen MR) is 93.5 cm³/mol. The fourth-order valence-corrected chi connectivity index (χ4v) is 2.40. The van der Waals surface area contributed by atoms with Crippen LogP contribution in [-0.4, -0.2) is 29.4 Å². The van der Waals surface area contributed by atoms with Crippen LogP contribution in [0.3, 0.4) is 0 Å². The third-order valence-electron chi connectivity index (χ3n) is 3.34. The first-order chi connectivity index (χ1) is 10.6. The lowest BCUT2D eigenvalue weighted by Gasteiger charge is -2.16. The highest BCUT2D eigenvalue weighted by molar-refractivity contribution is 9.10. The number of pyridine rings is 1. The summed E-state index contributed by atoms with van der Waals surface area (Å²) >= 11 is 3.48. The van der Waals surface area contributed by atoms with Gasteiger partial charge in [0, 0.05) is 24.3 Å². The summed E-state index contributed by atoms with van der Waals surface area (Å²) in [6.07, 6.45) is 3.70. The number of benzene rings is 1. The largest absolute Gasteiger partial charge is 0.342 e. The molecule has 0 unspecified atom stereocenters. The van der Waals surface area contributed by atoms with Crippen LogP contribution in [0, 0.1) is 0 Å². The summed E-state index contributed by atoms with van der Waals surface area (Å²) in [5, 5.41) is 3.22. The van der Waals surface area contributed by atoms with E-state index < -0.39 is 0 Å². The molecule has 2 aromatic rings. The molecule has 0 spiro atoms. The van der Waals surface area contributed by atoms with Gasteiger partial charge in [-0.1, -0.05) is 25.5 Å². The average molecular weight is 362 g/mol. The summed E-state index contributed by atoms with van der Waals surface area (Å²) in [5.74, 6) is 0.716. The molecule has 4 nitrogen and oxygen atoms in total. The monoisotopic (exact) mass is 361 g/mol. The Morgan fingerprint density at radius 2 is 2.05 bits per heavy atom. The molecule has 1 aromatic heterocycles. The SMILES string of the molecule is CCCCN(C)C(=O)c1ccc(Nc2ccccc2Br)nc1. The lowest BCUT2D eigenvalue weighted by molar-refractivity contribution is 0.0793. The van der Waals surface area contributed by atoms with Gasteiger partial charge in [-0.25, -0.2) is 4.98 Å². The Bertz CT molecular complexity index is 628. The van der Waals surface area contributed by atoms with Gasteiger partial charge in [-0.15, -0.1) is 0 Å². The fraction of sp³-hybridized carbons (Fsp3) is 0.294. The summed E-state index contributed by atoms with van der Waals surface area (Å²) in [6, 6.07) is 11.5. The van der Waals surface area contributed by atoms with Crippen molar-refractivity contribution in [2.45, 2.75) is 19.8 Å². The topological polar surface area (TPSA) is 45.2 Å². The molecule has 0 bridgehead atoms. The molecule has 1 amide bonds. The molecule has 0 radical (unpaired) electrons. The molecule has 0 saturated carbocycles. The number of amides is 1. The van der Waals surface area contributed by atoms with Gasteiger partial charge in [0.25, 0.3) is 5.91 Å². The number of anilines is 2. The van der Waals surface area contributed by atoms with Gasteiger partial charge in [-0.2, -0.15) is 0 Å². The lowest BCUT2D eigenvalue weighted by atomic mass is 10.2. The smallest absolute Gasteiger partial charge is 0.255 e. The third-order valence-corrected chi connectivity index (χ3v) is 4.03. The third kappa shape index (κ3) is 4.31. The number of nitrogens with one attached hydrogen (secondary N) is 1. The van der Waals surface area contributed by atoms with E-state index in [1.807, 2.05) is 37.4 Å². The van der Waals surface area contributed by atoms with Crippen LogP contribution >= 0.6 is 15.9 Å². The first kappa shape index (κ1) is 16.5. The van der Waals surface area contributed by atoms with Crippen LogP contribution in [-0.2, 0) is 0 Å². The van der Waals surface area contributed by atoms with Crippen molar-refractivity contribution in [3.05, 3.63) is 52.6 Å². The summed E-state index contributed by atoms with van der Waals surface area (Å²) < 4.78 is 0.969. The van der Waals surface area contributed by atoms with Crippen molar-refractivity contribution in [2.24, 2.45) is 0 Å². The van der Waals surface area contributed by atoms with Crippen molar-refractivity contribution in [1.29, 1.82) is 0 Å². The van der Waals surface area contributed by atoms with Crippen molar-refractivity contribution in [3.63, 3.8) is 0 Å². The van der Waals surface area contributed by atoms with Gasteiger partial charge in [-0.3, -0.25) is 4.79 Å². The maximum atomic E-state index is 12.2. The average Bonchev–Trinajstić information content (AvgIpc) is 2.55. The Hall–Kier alpha value is -1.88. The van der Waals surface area contributed by atoms with E-state index >= 15 is 0 Å². The standard InChI is InChI=1S/C17H20BrN3O/c1-3-4-11-21(2)17(22)13-9-10-16(19-12-13)20-15-8-6-5-7-14(15)18/h5-10,12H,3-4,11H2,1-2H3,(H,19,20). The number of hydrogen-bond acceptors (Lipinski definition) is 3. The van der Waals surface area contributed by atoms with Gasteiger partial charge in [0.1, 0.15) is 5.82 Å². The zero-order chi connectivity index (χ0) is 15.9. The van der Waals surface area contributed by atoms with E-state index in [1.165, 1.54) is 0 Å². The van der Waals surface area contributed by atoms with E-state index in [4.69, 9.17) is 0 Å². The predicted octanol–water partition coefficient (Wildman–Crippen LogP) is 4.46. The molecule has 1 N–H and O–H groups in total. The molecule has 22 heavy (non-hydrogen) atoms. The Labute approximate surface area is 139 Å². The van der Waals surface area contributed by atoms with Crippen LogP contribution in [0.4, 0.5) is 11.5 Å². The number of rotatable bonds is 6. The van der Waals surface area contributed by atoms with Crippen LogP contribution in [0.25, 0.3) is 0 Å². The normalized spacial score (nSPS) is 10.3. The molecule has 0 aliphatic rings. The Balaban J connectivity index is 2.04. The number of para-hydroxylation sites is 1. The summed E-state index contributed by atoms with van der Waals surface area (Å²) in [6.45, 7) is 2.88. The van der Waals surface area contributed by atoms with Gasteiger partial charge in [0.05, 0.1) is 11.3 Å². The minimum absolute atomic E-state index is 0.00777. The highest BCUT2D eigenvalue weighted by Gasteiger charge is 2.11. The van der Waals surface area contributed by atoms with Crippen molar-refractivity contribution < 1.29 is 4.79 Å². The molecule has 1 heterocycles. The van der Waals surface area contributed by atoms with Crippen LogP contribution in [0.1, 0.15) is 30.1 Å². The maximum Gasteiger partial charge on any atom is 0.255 e. The minimum atomic E-state index is 0.00777. The number of hydrogen-bond donors (Lipinski definition) is 1. The highest BCUT2D eigenvalue weighted by Crippen LogP contribution is 2.24. The Kier molecular flexibility index (Phi) is 5.95. The molecule has 0 aliphatic carbocycles. The van der Waals surface area contributed by atoms with E-state index in [1.54, 1.807) is 17.2 Å². The van der Waals surface area contributed by atoms with E-state index in [-0.39, 0.29) is 5.91 Å². The van der Waals surface area contributed by atoms with E-state index in [2.05, 4.69) is 33.2 Å². The van der Waals surface area contributed by atoms with E-state index in [9.17, 15) is 4.79 Å². The second-order valence-corrected chi connectivity index (χ2v) is 5.97. The maximum absolute atomic E-state index is 12.2. The fourth-order valence-electron chi connectivity index (χ4n) is 2.01. The summed E-state index contributed by atoms with van der Waals surface area (Å²) in [7, 11) is 1.82. The number of halogens is 1. The molecule has 2 rings (SSSR count). The van der Waals surface area contributed by atoms with Crippen molar-refractivity contribution in [1.82, 2.24) is 9.88 Å². The summed E-state index contributed by atoms with van der Waals surface area (Å²) in [4.78, 5) is 18.3. The first-order valence-corrected chi connectivity index (χ1v) is 8.14. The van der Waals surface area contributed by atoms with Crippen molar-refractivity contribution >= 4 is 33.3 Å². The van der Waals surface area contributed by atoms with Gasteiger partial charge < -0.3 is 10.2 Å². The van der Waals surface area contributed by atoms with Crippen molar-refractivity contribution in [2.75, 3.05) is 18.9 Å². The van der Waals surface area contributed by atoms with Gasteiger partial charge >= 0.3 is 0 Å². The quantitative estimate of drug-likeness (QED) is 0.825. The molecule has 0 atom stereocenters. The number of nitrogens with zero attached hydrogens (tertiary/aromatic N) is 2. The second-order valence-electron chi connectivity index (χ2n) is 5.12. The van der Waals surface area contributed by atoms with Crippen LogP contribution in [0.15, 0.2) is 47.1 Å². The molecule has 0 aliphatic heterocycles. The molecule has 116 valence electrons. The molecule has 0 fully saturated rings. The second kappa shape index (κ2) is 7.94. The van der Waals surface area contributed by atoms with E-state index in [0.29, 0.717) is 11.4 Å². The van der Waals surface area contributed by atoms with Gasteiger partial charge in [0.15, 0.2) is 0 Å². The number of carbonyl (C=O) groups excluding carboxylic acids is 1. The molecular weight excluding hydrogens is 342 g/mol. The Morgan fingerprint density at radius 1 is 1.27 bits per heavy atom. The van der Waals surface area contributed by atoms with Gasteiger partial charge in [0.2, 0.25) is 0 Å². The zero-order valence-corrected chi connectivity index (χ0v) is 14.4. The van der Waals surface area contributed by atoms with Crippen molar-refractivity contribution in [3.8, 4) is 0 Å². The van der Waals surface area contributed by atoms with E-state index in [0.717, 1.165) is 29.5 Å². The number of carbonyl (C=O) groups is 1. The first-order valence-electron chi connectivity index (χ1n) is 7.35. The molecule has 1 aromatic carbocycles. The Morgan fingerprint density at radius 3 is 2.68 bits per heavy atom. The van der Waals surface area contributed by atoms with Gasteiger partial charge in [-0.05, 0) is 46.6 Å². The molecule has 5 heteroatoms. The van der Waals surface area contributed by atoms with Crippen LogP contribution in [0.2, 0.25) is 0 Å². The molecule has 0 saturated heterocycles. The summed E-state index contributed by atoms with van der Waals surface area (Å²) in [5.41, 5.74) is 1.55. The minimum Gasteiger partial charge on any atom is -0.342 e. The van der Waals surface area contributed by atoms with Crippen LogP contribution < -0.4 is 5.32 Å². The zero-order valence-electron chi connectivity index (χ0n) is 12.8. The number of unbranched alkanes of at least 4 members (excludes halogenated alkanes) is 1. The lowest BCUT2D eigenvalue weighted by Crippen LogP contribution is -2.27. The molecular formula is C17H20BrN3O. The number of aromatic nitrogens is 1. The highest BCUT2D eigenvalue weighted by atomic mass is 79.9. The van der Waals surface area contributed by atoms with Crippen LogP contribution in [0.5, 0.6) is 0 Å².